The highest BCUT2D eigenvalue weighted by Crippen LogP contribution is 2.43. The van der Waals surface area contributed by atoms with Gasteiger partial charge in [-0.3, -0.25) is 10.6 Å². The van der Waals surface area contributed by atoms with Crippen molar-refractivity contribution >= 4 is 193 Å². The van der Waals surface area contributed by atoms with Gasteiger partial charge in [-0.25, -0.2) is 79.0 Å². The lowest BCUT2D eigenvalue weighted by Gasteiger charge is -2.14. The highest BCUT2D eigenvalue weighted by molar-refractivity contribution is 6.14. The number of carboxylic acids is 2. The van der Waals surface area contributed by atoms with Gasteiger partial charge in [0, 0.05) is 126 Å². The fourth-order valence-corrected chi connectivity index (χ4v) is 14.2. The maximum absolute atomic E-state index is 13.3. The Kier molecular flexibility index (Phi) is 25.2. The zero-order valence-electron chi connectivity index (χ0n) is 71.8. The van der Waals surface area contributed by atoms with Gasteiger partial charge in [-0.05, 0) is 200 Å². The molecule has 696 valence electrons. The van der Waals surface area contributed by atoms with Crippen LogP contribution >= 0.6 is 0 Å². The Hall–Kier alpha value is -16.2. The number of rotatable bonds is 22. The second-order valence-electron chi connectivity index (χ2n) is 32.9. The van der Waals surface area contributed by atoms with Crippen LogP contribution in [0.15, 0.2) is 195 Å². The fourth-order valence-electron chi connectivity index (χ4n) is 14.2. The first-order valence-electron chi connectivity index (χ1n) is 42.5. The second-order valence-corrected chi connectivity index (χ2v) is 32.9. The summed E-state index contributed by atoms with van der Waals surface area (Å²) in [6.07, 6.45) is -5.00. The first-order chi connectivity index (χ1) is 64.9. The van der Waals surface area contributed by atoms with Crippen LogP contribution in [0.3, 0.4) is 0 Å². The molecule has 4 fully saturated rings. The minimum absolute atomic E-state index is 0.0438. The lowest BCUT2D eigenvalue weighted by Crippen LogP contribution is -2.17. The van der Waals surface area contributed by atoms with Gasteiger partial charge in [-0.1, -0.05) is 48.5 Å². The average Bonchev–Trinajstić information content (AvgIpc) is 1.58. The van der Waals surface area contributed by atoms with E-state index < -0.39 is 71.1 Å². The smallest absolute Gasteiger partial charge is 0.416 e. The summed E-state index contributed by atoms with van der Waals surface area (Å²) in [6.45, 7) is 6.97. The van der Waals surface area contributed by atoms with Crippen LogP contribution < -0.4 is 53.2 Å². The summed E-state index contributed by atoms with van der Waals surface area (Å²) in [6, 6.07) is 39.8. The standard InChI is InChI=1S/2C25H23F3N6O2.2C22H16F3N5O2/c2*1-13(2)36-24(35)32-17-8-9-18-19-12-29-23(31-15-6-7-15)34-21(19)22(33-20(18)11-17)30-16-5-3-4-14(10-16)25(26,27)28;2*23-22(24,25)12-2-1-3-14(9-12)27-19-18-16(10-26-21(30-18)28-13-5-6-13)15-7-4-11(20(31)32)8-17(15)29-19/h2*3-5,8-13,15H,6-7H2,1-2H3,(H,30,33)(H,32,35)(H,29,31,34);2*1-4,7-10,13H,5-6H2,(H,27,29)(H,31,32)(H,26,28,30). The van der Waals surface area contributed by atoms with E-state index in [9.17, 15) is 82.1 Å². The molecule has 4 aliphatic rings. The number of aromatic nitrogens is 12. The Balaban J connectivity index is 0.000000126. The highest BCUT2D eigenvalue weighted by atomic mass is 19.4. The van der Waals surface area contributed by atoms with E-state index in [1.807, 2.05) is 0 Å². The number of benzene rings is 8. The molecule has 8 heterocycles. The molecular weight excluding hydrogens is 1790 g/mol. The largest absolute Gasteiger partial charge is 0.478 e. The Morgan fingerprint density at radius 2 is 0.551 bits per heavy atom. The van der Waals surface area contributed by atoms with E-state index >= 15 is 0 Å². The van der Waals surface area contributed by atoms with Crippen LogP contribution in [-0.4, -0.2) is 131 Å². The van der Waals surface area contributed by atoms with Crippen LogP contribution in [0.25, 0.3) is 87.2 Å². The van der Waals surface area contributed by atoms with Crippen LogP contribution in [-0.2, 0) is 34.2 Å². The third-order valence-electron chi connectivity index (χ3n) is 21.3. The van der Waals surface area contributed by atoms with Crippen molar-refractivity contribution in [2.24, 2.45) is 0 Å². The Morgan fingerprint density at radius 1 is 0.309 bits per heavy atom. The van der Waals surface area contributed by atoms with E-state index in [0.29, 0.717) is 136 Å². The predicted molar refractivity (Wildman–Crippen MR) is 489 cm³/mol. The first kappa shape index (κ1) is 91.7. The van der Waals surface area contributed by atoms with Gasteiger partial charge in [-0.15, -0.1) is 0 Å². The topological polar surface area (TPSA) is 402 Å². The molecule has 4 saturated carbocycles. The molecule has 136 heavy (non-hydrogen) atoms. The molecular formula is C94H78F12N22O8. The molecule has 0 atom stereocenters. The van der Waals surface area contributed by atoms with Gasteiger partial charge < -0.3 is 62.2 Å². The maximum Gasteiger partial charge on any atom is 0.416 e. The number of fused-ring (bicyclic) bond motifs is 12. The molecule has 0 bridgehead atoms. The van der Waals surface area contributed by atoms with Crippen molar-refractivity contribution in [3.05, 3.63) is 228 Å². The fraction of sp³-hybridized carbons (Fsp3) is 0.234. The van der Waals surface area contributed by atoms with Crippen molar-refractivity contribution in [1.29, 1.82) is 0 Å². The lowest BCUT2D eigenvalue weighted by molar-refractivity contribution is -0.138. The van der Waals surface area contributed by atoms with Gasteiger partial charge >= 0.3 is 48.8 Å². The van der Waals surface area contributed by atoms with Gasteiger partial charge in [0.15, 0.2) is 23.3 Å². The summed E-state index contributed by atoms with van der Waals surface area (Å²) in [5.74, 6) is 0.362. The number of hydrogen-bond donors (Lipinski definition) is 12. The van der Waals surface area contributed by atoms with Crippen molar-refractivity contribution in [3.63, 3.8) is 0 Å². The van der Waals surface area contributed by atoms with Crippen molar-refractivity contribution in [2.45, 2.75) is 140 Å². The van der Waals surface area contributed by atoms with Gasteiger partial charge in [0.1, 0.15) is 22.1 Å². The number of hydrogen-bond acceptors (Lipinski definition) is 26. The van der Waals surface area contributed by atoms with E-state index in [1.165, 1.54) is 72.8 Å². The summed E-state index contributed by atoms with van der Waals surface area (Å²) in [4.78, 5) is 101. The third kappa shape index (κ3) is 22.4. The van der Waals surface area contributed by atoms with Crippen molar-refractivity contribution in [2.75, 3.05) is 53.2 Å². The molecule has 0 saturated heterocycles. The molecule has 2 amide bonds. The maximum atomic E-state index is 13.3. The number of anilines is 14. The molecule has 0 unspecified atom stereocenters. The molecule has 42 heteroatoms. The second kappa shape index (κ2) is 37.5. The minimum atomic E-state index is -4.49. The number of nitrogens with zero attached hydrogens (tertiary/aromatic N) is 12. The summed E-state index contributed by atoms with van der Waals surface area (Å²) in [7, 11) is 0. The number of carbonyl (C=O) groups excluding carboxylic acids is 2. The molecule has 20 rings (SSSR count). The van der Waals surface area contributed by atoms with E-state index in [1.54, 1.807) is 101 Å². The molecule has 4 aliphatic carbocycles. The Morgan fingerprint density at radius 3 is 0.779 bits per heavy atom. The van der Waals surface area contributed by atoms with E-state index in [4.69, 9.17) is 9.47 Å². The molecule has 8 aromatic carbocycles. The zero-order chi connectivity index (χ0) is 95.8. The van der Waals surface area contributed by atoms with Gasteiger partial charge in [0.05, 0.1) is 67.7 Å². The molecule has 0 spiro atoms. The number of carbonyl (C=O) groups is 4. The quantitative estimate of drug-likeness (QED) is 0.0221. The van der Waals surface area contributed by atoms with Crippen LogP contribution in [0.5, 0.6) is 0 Å². The highest BCUT2D eigenvalue weighted by Gasteiger charge is 2.36. The molecule has 8 aromatic heterocycles. The third-order valence-corrected chi connectivity index (χ3v) is 21.3. The monoisotopic (exact) mass is 1870 g/mol. The van der Waals surface area contributed by atoms with E-state index in [2.05, 4.69) is 113 Å². The number of ether oxygens (including phenoxy) is 2. The predicted octanol–water partition coefficient (Wildman–Crippen LogP) is 23.4. The number of amides is 2. The van der Waals surface area contributed by atoms with Crippen LogP contribution in [0.4, 0.5) is 143 Å². The van der Waals surface area contributed by atoms with E-state index in [-0.39, 0.29) is 69.4 Å². The summed E-state index contributed by atoms with van der Waals surface area (Å²) in [5, 5.41) is 53.9. The number of aromatic carboxylic acids is 2. The Labute approximate surface area is 761 Å². The summed E-state index contributed by atoms with van der Waals surface area (Å²) in [5.41, 5.74) is 2.06. The summed E-state index contributed by atoms with van der Waals surface area (Å²) < 4.78 is 169. The molecule has 0 aliphatic heterocycles. The van der Waals surface area contributed by atoms with E-state index in [0.717, 1.165) is 111 Å². The summed E-state index contributed by atoms with van der Waals surface area (Å²) >= 11 is 0. The van der Waals surface area contributed by atoms with Crippen molar-refractivity contribution in [1.82, 2.24) is 59.8 Å². The Bertz CT molecular complexity index is 6940. The van der Waals surface area contributed by atoms with Crippen molar-refractivity contribution in [3.8, 4) is 0 Å². The number of nitrogens with one attached hydrogen (secondary N) is 10. The van der Waals surface area contributed by atoms with Crippen LogP contribution in [0.2, 0.25) is 0 Å². The molecule has 0 radical (unpaired) electrons. The normalized spacial score (nSPS) is 13.8. The molecule has 12 N–H and O–H groups in total. The molecule has 16 aromatic rings. The van der Waals surface area contributed by atoms with Crippen LogP contribution in [0.1, 0.15) is 122 Å². The van der Waals surface area contributed by atoms with Gasteiger partial charge in [-0.2, -0.15) is 52.7 Å². The van der Waals surface area contributed by atoms with Gasteiger partial charge in [0.25, 0.3) is 0 Å². The lowest BCUT2D eigenvalue weighted by atomic mass is 10.1. The number of alkyl halides is 12. The first-order valence-corrected chi connectivity index (χ1v) is 42.5. The van der Waals surface area contributed by atoms with Crippen molar-refractivity contribution < 1.29 is 91.5 Å². The van der Waals surface area contributed by atoms with Gasteiger partial charge in [0.2, 0.25) is 23.8 Å². The zero-order valence-corrected chi connectivity index (χ0v) is 71.8. The number of carboxylic acid groups (broad SMARTS) is 2. The van der Waals surface area contributed by atoms with Crippen LogP contribution in [0, 0.1) is 0 Å². The SMILES string of the molecule is CC(C)OC(=O)Nc1ccc2c(c1)nc(Nc1cccc(C(F)(F)F)c1)c1nc(NC3CC3)ncc12.CC(C)OC(=O)Nc1ccc2c(c1)nc(Nc1cccc(C(F)(F)F)c1)c1nc(NC3CC3)ncc12.O=C(O)c1ccc2c(c1)nc(Nc1cccc(C(F)(F)F)c1)c1nc(NC3CC3)ncc12.O=C(O)c1ccc2c(c1)nc(Nc1cccc(C(F)(F)F)c1)c1nc(NC3CC3)ncc12. The molecule has 30 nitrogen and oxygen atoms in total. The number of halogens is 12. The number of pyridine rings is 4. The minimum Gasteiger partial charge on any atom is -0.478 e. The average molecular weight is 1870 g/mol.